The summed E-state index contributed by atoms with van der Waals surface area (Å²) in [6.07, 6.45) is 15.2. The van der Waals surface area contributed by atoms with Gasteiger partial charge in [-0.15, -0.1) is 0 Å². The van der Waals surface area contributed by atoms with Crippen molar-refractivity contribution in [3.63, 3.8) is 0 Å². The third-order valence-electron chi connectivity index (χ3n) is 13.7. The quantitative estimate of drug-likeness (QED) is 0.185. The lowest BCUT2D eigenvalue weighted by atomic mass is 9.73. The van der Waals surface area contributed by atoms with Crippen molar-refractivity contribution in [3.8, 4) is 0 Å². The Morgan fingerprint density at radius 2 is 1.40 bits per heavy atom. The van der Waals surface area contributed by atoms with Gasteiger partial charge in [0, 0.05) is 33.1 Å². The van der Waals surface area contributed by atoms with Gasteiger partial charge in [-0.1, -0.05) is 45.9 Å². The maximum atomic E-state index is 14.8. The number of rotatable bonds is 1. The fourth-order valence-corrected chi connectivity index (χ4v) is 12.5. The molecule has 5 unspecified atom stereocenters. The molecule has 256 valence electrons. The fourth-order valence-electron chi connectivity index (χ4n) is 12.5. The largest absolute Gasteiger partial charge is 0.506 e. The van der Waals surface area contributed by atoms with Gasteiger partial charge in [-0.3, -0.25) is 10.1 Å². The van der Waals surface area contributed by atoms with Crippen LogP contribution >= 0.6 is 0 Å². The predicted molar refractivity (Wildman–Crippen MR) is 202 cm³/mol. The number of aryl methyl sites for hydroxylation is 3. The Bertz CT molecular complexity index is 2290. The van der Waals surface area contributed by atoms with E-state index in [1.165, 1.54) is 56.7 Å². The summed E-state index contributed by atoms with van der Waals surface area (Å²) in [6, 6.07) is 9.14. The smallest absolute Gasteiger partial charge is 0.201 e. The molecule has 2 heterocycles. The summed E-state index contributed by atoms with van der Waals surface area (Å²) in [5.74, 6) is 2.48. The highest BCUT2D eigenvalue weighted by Gasteiger charge is 2.47. The van der Waals surface area contributed by atoms with Crippen LogP contribution in [0.5, 0.6) is 0 Å². The lowest BCUT2D eigenvalue weighted by Crippen LogP contribution is -2.61. The number of Topliss-reactive ketones (excluding diaryl/α,β-unsaturated/α-hetero) is 1. The molecule has 50 heavy (non-hydrogen) atoms. The molecule has 0 radical (unpaired) electrons. The summed E-state index contributed by atoms with van der Waals surface area (Å²) in [5.41, 5.74) is 11.2. The first-order chi connectivity index (χ1) is 24.1. The average molecular weight is 665 g/mol. The maximum absolute atomic E-state index is 14.8. The topological polar surface area (TPSA) is 85.4 Å². The first-order valence-electron chi connectivity index (χ1n) is 19.4. The van der Waals surface area contributed by atoms with Gasteiger partial charge in [-0.2, -0.15) is 0 Å². The van der Waals surface area contributed by atoms with Gasteiger partial charge in [0.25, 0.3) is 0 Å². The molecule has 0 amide bonds. The van der Waals surface area contributed by atoms with Crippen LogP contribution in [0.15, 0.2) is 42.2 Å². The van der Waals surface area contributed by atoms with Gasteiger partial charge in [-0.05, 0) is 139 Å². The molecule has 0 aromatic heterocycles. The fraction of sp³-hybridized carbons (Fsp3) is 0.477. The Balaban J connectivity index is 1.13. The van der Waals surface area contributed by atoms with Gasteiger partial charge in [0.05, 0.1) is 28.5 Å². The second-order valence-electron chi connectivity index (χ2n) is 17.9. The van der Waals surface area contributed by atoms with Gasteiger partial charge in [0.2, 0.25) is 5.78 Å². The highest BCUT2D eigenvalue weighted by atomic mass is 16.3. The van der Waals surface area contributed by atoms with E-state index in [1.807, 2.05) is 0 Å². The molecule has 6 heteroatoms. The van der Waals surface area contributed by atoms with E-state index in [0.717, 1.165) is 79.2 Å². The predicted octanol–water partition coefficient (Wildman–Crippen LogP) is 7.51. The van der Waals surface area contributed by atoms with Crippen LogP contribution in [0.4, 0.5) is 17.1 Å². The van der Waals surface area contributed by atoms with Crippen LogP contribution in [-0.2, 0) is 24.1 Å². The van der Waals surface area contributed by atoms with Crippen molar-refractivity contribution < 1.29 is 9.90 Å². The molecule has 2 saturated carbocycles. The Morgan fingerprint density at radius 1 is 0.720 bits per heavy atom. The first kappa shape index (κ1) is 29.7. The molecule has 11 rings (SSSR count). The summed E-state index contributed by atoms with van der Waals surface area (Å²) in [7, 11) is 0. The summed E-state index contributed by atoms with van der Waals surface area (Å²) in [4.78, 5) is 14.8. The number of carbonyl (C=O) groups excluding carboxylic acids is 1. The van der Waals surface area contributed by atoms with Crippen LogP contribution in [0.25, 0.3) is 27.5 Å². The molecule has 3 aromatic carbocycles. The summed E-state index contributed by atoms with van der Waals surface area (Å²) < 4.78 is 0. The van der Waals surface area contributed by atoms with Crippen LogP contribution in [0.2, 0.25) is 0 Å². The van der Waals surface area contributed by atoms with Crippen LogP contribution in [0, 0.1) is 23.7 Å². The molecular formula is C44H48N4O2. The molecule has 0 bridgehead atoms. The van der Waals surface area contributed by atoms with Crippen molar-refractivity contribution in [1.29, 1.82) is 0 Å². The van der Waals surface area contributed by atoms with E-state index >= 15 is 0 Å². The lowest BCUT2D eigenvalue weighted by molar-refractivity contribution is -0.109. The molecule has 2 fully saturated rings. The molecule has 5 atom stereocenters. The number of nitrogens with one attached hydrogen (secondary N) is 4. The molecule has 0 saturated heterocycles. The van der Waals surface area contributed by atoms with E-state index in [9.17, 15) is 9.90 Å². The Labute approximate surface area is 294 Å². The average Bonchev–Trinajstić information content (AvgIpc) is 3.66. The van der Waals surface area contributed by atoms with Crippen LogP contribution < -0.4 is 31.7 Å². The summed E-state index contributed by atoms with van der Waals surface area (Å²) >= 11 is 0. The van der Waals surface area contributed by atoms with Gasteiger partial charge in [0.1, 0.15) is 11.4 Å². The van der Waals surface area contributed by atoms with Crippen molar-refractivity contribution in [2.75, 3.05) is 16.0 Å². The van der Waals surface area contributed by atoms with Gasteiger partial charge in [-0.25, -0.2) is 0 Å². The van der Waals surface area contributed by atoms with Crippen LogP contribution in [-0.4, -0.2) is 22.2 Å². The third-order valence-corrected chi connectivity index (χ3v) is 13.7. The number of aliphatic hydroxyl groups is 1. The number of anilines is 3. The normalized spacial score (nSPS) is 35.3. The van der Waals surface area contributed by atoms with E-state index in [1.54, 1.807) is 0 Å². The van der Waals surface area contributed by atoms with Crippen molar-refractivity contribution >= 4 is 50.3 Å². The molecule has 8 aliphatic rings. The van der Waals surface area contributed by atoms with E-state index in [-0.39, 0.29) is 28.9 Å². The lowest BCUT2D eigenvalue weighted by Gasteiger charge is -2.50. The standard InChI is InChI=1S/C44H48N4O2/c1-21-13-22(2)18-43(17-21)45-31-11-9-25-5-7-27-15-29(39(47-43)37(31)33(25)27)35-41(49)36(42(35)50)30-16-28-8-6-26-10-12-32-38(34(26)28)40(30)48-44(46-32)19-23(3)14-24(4)20-44/h9-12,15-16,21-24,31,45-49H,5-8,13-14,17-20H2,1-4H3/b35-29-. The zero-order chi connectivity index (χ0) is 33.8. The summed E-state index contributed by atoms with van der Waals surface area (Å²) in [6.45, 7) is 9.45. The zero-order valence-corrected chi connectivity index (χ0v) is 29.8. The monoisotopic (exact) mass is 664 g/mol. The summed E-state index contributed by atoms with van der Waals surface area (Å²) in [5, 5.41) is 33.2. The van der Waals surface area contributed by atoms with E-state index in [4.69, 9.17) is 0 Å². The SMILES string of the molecule is CC1CC(C)CC2(C1)Nc1ccc3c4c(cc(C5=C(O)/C(=c6\cc7c8c9c6NC6(CC(C)CC(C)C6)NC9C=CC=8CC7)C5=O)c(c14)N2)CC3. The minimum Gasteiger partial charge on any atom is -0.506 e. The second kappa shape index (κ2) is 9.85. The van der Waals surface area contributed by atoms with Crippen molar-refractivity contribution in [3.05, 3.63) is 80.4 Å². The van der Waals surface area contributed by atoms with E-state index in [2.05, 4.69) is 85.4 Å². The number of hydrogen-bond acceptors (Lipinski definition) is 6. The maximum Gasteiger partial charge on any atom is 0.201 e. The number of allylic oxidation sites excluding steroid dienone is 3. The van der Waals surface area contributed by atoms with Gasteiger partial charge in [0.15, 0.2) is 0 Å². The van der Waals surface area contributed by atoms with Crippen LogP contribution in [0.3, 0.4) is 0 Å². The van der Waals surface area contributed by atoms with Crippen molar-refractivity contribution in [2.24, 2.45) is 23.7 Å². The number of ketones is 1. The minimum absolute atomic E-state index is 0.0333. The van der Waals surface area contributed by atoms with Gasteiger partial charge >= 0.3 is 0 Å². The minimum atomic E-state index is -0.276. The molecule has 2 spiro atoms. The molecule has 3 aromatic rings. The molecule has 2 aliphatic heterocycles. The Hall–Kier alpha value is -4.03. The highest BCUT2D eigenvalue weighted by Crippen LogP contribution is 2.53. The Kier molecular flexibility index (Phi) is 5.84. The zero-order valence-electron chi connectivity index (χ0n) is 29.8. The van der Waals surface area contributed by atoms with Crippen molar-refractivity contribution in [2.45, 2.75) is 109 Å². The molecular weight excluding hydrogens is 617 g/mol. The number of hydrogen-bond donors (Lipinski definition) is 5. The molecule has 5 N–H and O–H groups in total. The van der Waals surface area contributed by atoms with E-state index in [0.29, 0.717) is 34.8 Å². The number of carbonyl (C=O) groups is 1. The molecule has 6 aliphatic carbocycles. The van der Waals surface area contributed by atoms with Crippen molar-refractivity contribution in [1.82, 2.24) is 5.32 Å². The van der Waals surface area contributed by atoms with Gasteiger partial charge < -0.3 is 21.1 Å². The second-order valence-corrected chi connectivity index (χ2v) is 17.9. The third kappa shape index (κ3) is 3.92. The van der Waals surface area contributed by atoms with E-state index < -0.39 is 0 Å². The highest BCUT2D eigenvalue weighted by molar-refractivity contribution is 6.52. The molecule has 6 nitrogen and oxygen atoms in total. The number of aliphatic hydroxyl groups excluding tert-OH is 1. The number of benzene rings is 3. The first-order valence-corrected chi connectivity index (χ1v) is 19.4. The van der Waals surface area contributed by atoms with Crippen LogP contribution in [0.1, 0.15) is 106 Å². The Morgan fingerprint density at radius 3 is 2.14 bits per heavy atom.